The molecule has 74 valence electrons. The minimum Gasteiger partial charge on any atom is -0.494 e. The van der Waals surface area contributed by atoms with E-state index in [0.29, 0.717) is 5.15 Å². The lowest BCUT2D eigenvalue weighted by molar-refractivity contribution is 0.441. The number of aromatic nitrogens is 2. The van der Waals surface area contributed by atoms with E-state index in [1.165, 1.54) is 0 Å². The van der Waals surface area contributed by atoms with Crippen LogP contribution < -0.4 is 0 Å². The summed E-state index contributed by atoms with van der Waals surface area (Å²) in [5, 5.41) is 10.1. The quantitative estimate of drug-likeness (QED) is 0.786. The van der Waals surface area contributed by atoms with Gasteiger partial charge in [-0.1, -0.05) is 31.5 Å². The third-order valence-electron chi connectivity index (χ3n) is 2.14. The molecule has 0 saturated heterocycles. The normalized spacial score (nSPS) is 11.4. The van der Waals surface area contributed by atoms with Crippen LogP contribution in [0.2, 0.25) is 5.15 Å². The molecule has 0 unspecified atom stereocenters. The first kappa shape index (κ1) is 9.34. The second-order valence-corrected chi connectivity index (χ2v) is 3.88. The third-order valence-corrected chi connectivity index (χ3v) is 2.42. The molecule has 2 rings (SSSR count). The van der Waals surface area contributed by atoms with Gasteiger partial charge < -0.3 is 5.11 Å². The highest BCUT2D eigenvalue weighted by molar-refractivity contribution is 6.32. The summed E-state index contributed by atoms with van der Waals surface area (Å²) in [5.41, 5.74) is 0.746. The van der Waals surface area contributed by atoms with E-state index in [1.807, 2.05) is 19.9 Å². The number of pyridine rings is 1. The topological polar surface area (TPSA) is 37.5 Å². The highest BCUT2D eigenvalue weighted by Crippen LogP contribution is 2.26. The average Bonchev–Trinajstić information content (AvgIpc) is 2.46. The molecule has 0 spiro atoms. The Morgan fingerprint density at radius 2 is 2.14 bits per heavy atom. The van der Waals surface area contributed by atoms with Gasteiger partial charge in [0, 0.05) is 5.92 Å². The predicted molar refractivity (Wildman–Crippen MR) is 56.0 cm³/mol. The molecule has 0 bridgehead atoms. The second kappa shape index (κ2) is 3.17. The first-order chi connectivity index (χ1) is 6.61. The van der Waals surface area contributed by atoms with Crippen molar-refractivity contribution in [2.45, 2.75) is 19.8 Å². The highest BCUT2D eigenvalue weighted by atomic mass is 35.5. The lowest BCUT2D eigenvalue weighted by Crippen LogP contribution is -1.96. The van der Waals surface area contributed by atoms with Crippen LogP contribution in [0.1, 0.15) is 25.6 Å². The van der Waals surface area contributed by atoms with E-state index >= 15 is 0 Å². The van der Waals surface area contributed by atoms with E-state index in [4.69, 9.17) is 11.6 Å². The van der Waals surface area contributed by atoms with Crippen molar-refractivity contribution in [3.05, 3.63) is 29.2 Å². The summed E-state index contributed by atoms with van der Waals surface area (Å²) in [7, 11) is 0. The summed E-state index contributed by atoms with van der Waals surface area (Å²) < 4.78 is 1.67. The van der Waals surface area contributed by atoms with E-state index in [9.17, 15) is 5.11 Å². The number of fused-ring (bicyclic) bond motifs is 1. The maximum Gasteiger partial charge on any atom is 0.197 e. The van der Waals surface area contributed by atoms with Crippen LogP contribution in [-0.2, 0) is 0 Å². The summed E-state index contributed by atoms with van der Waals surface area (Å²) in [6.07, 6.45) is 0. The van der Waals surface area contributed by atoms with Gasteiger partial charge in [0.1, 0.15) is 5.82 Å². The van der Waals surface area contributed by atoms with Gasteiger partial charge in [-0.05, 0) is 12.1 Å². The van der Waals surface area contributed by atoms with Crippen molar-refractivity contribution in [3.8, 4) is 5.88 Å². The molecule has 0 aliphatic rings. The summed E-state index contributed by atoms with van der Waals surface area (Å²) in [5.74, 6) is 1.18. The molecular weight excluding hydrogens is 200 g/mol. The van der Waals surface area contributed by atoms with Crippen LogP contribution >= 0.6 is 11.6 Å². The number of hydrogen-bond donors (Lipinski definition) is 1. The van der Waals surface area contributed by atoms with Crippen molar-refractivity contribution >= 4 is 17.1 Å². The van der Waals surface area contributed by atoms with Gasteiger partial charge in [-0.3, -0.25) is 4.40 Å². The van der Waals surface area contributed by atoms with Crippen LogP contribution in [0.15, 0.2) is 18.2 Å². The van der Waals surface area contributed by atoms with Crippen LogP contribution in [0.25, 0.3) is 5.52 Å². The first-order valence-electron chi connectivity index (χ1n) is 4.47. The molecular formula is C10H11ClN2O. The van der Waals surface area contributed by atoms with E-state index < -0.39 is 0 Å². The Balaban J connectivity index is 2.86. The molecule has 3 nitrogen and oxygen atoms in total. The van der Waals surface area contributed by atoms with Crippen LogP contribution in [0, 0.1) is 0 Å². The molecule has 2 aromatic heterocycles. The van der Waals surface area contributed by atoms with Crippen LogP contribution in [0.4, 0.5) is 0 Å². The van der Waals surface area contributed by atoms with Gasteiger partial charge in [0.05, 0.1) is 5.52 Å². The van der Waals surface area contributed by atoms with Crippen molar-refractivity contribution in [1.82, 2.24) is 9.38 Å². The van der Waals surface area contributed by atoms with Gasteiger partial charge in [-0.2, -0.15) is 0 Å². The molecule has 0 aliphatic heterocycles. The zero-order valence-corrected chi connectivity index (χ0v) is 8.78. The van der Waals surface area contributed by atoms with Gasteiger partial charge in [0.15, 0.2) is 11.0 Å². The largest absolute Gasteiger partial charge is 0.494 e. The lowest BCUT2D eigenvalue weighted by atomic mass is 10.2. The van der Waals surface area contributed by atoms with Crippen molar-refractivity contribution in [2.75, 3.05) is 0 Å². The molecule has 2 heterocycles. The number of imidazole rings is 1. The average molecular weight is 211 g/mol. The SMILES string of the molecule is CC(C)c1nc(Cl)c2cccc(O)n12. The van der Waals surface area contributed by atoms with Crippen molar-refractivity contribution in [1.29, 1.82) is 0 Å². The smallest absolute Gasteiger partial charge is 0.197 e. The van der Waals surface area contributed by atoms with E-state index in [-0.39, 0.29) is 11.8 Å². The maximum atomic E-state index is 9.68. The van der Waals surface area contributed by atoms with E-state index in [2.05, 4.69) is 4.98 Å². The zero-order valence-electron chi connectivity index (χ0n) is 8.03. The number of aromatic hydroxyl groups is 1. The minimum atomic E-state index is 0.172. The van der Waals surface area contributed by atoms with Gasteiger partial charge in [0.2, 0.25) is 0 Å². The lowest BCUT2D eigenvalue weighted by Gasteiger charge is -2.05. The first-order valence-corrected chi connectivity index (χ1v) is 4.85. The molecule has 2 aromatic rings. The fourth-order valence-electron chi connectivity index (χ4n) is 1.49. The highest BCUT2D eigenvalue weighted by Gasteiger charge is 2.14. The van der Waals surface area contributed by atoms with Crippen LogP contribution in [0.5, 0.6) is 5.88 Å². The predicted octanol–water partition coefficient (Wildman–Crippen LogP) is 2.82. The molecule has 0 amide bonds. The summed E-state index contributed by atoms with van der Waals surface area (Å²) in [6, 6.07) is 5.21. The fraction of sp³-hybridized carbons (Fsp3) is 0.300. The summed E-state index contributed by atoms with van der Waals surface area (Å²) in [6.45, 7) is 4.02. The fourth-order valence-corrected chi connectivity index (χ4v) is 1.73. The van der Waals surface area contributed by atoms with Crippen molar-refractivity contribution in [3.63, 3.8) is 0 Å². The summed E-state index contributed by atoms with van der Waals surface area (Å²) in [4.78, 5) is 4.22. The number of nitrogens with zero attached hydrogens (tertiary/aromatic N) is 2. The molecule has 14 heavy (non-hydrogen) atoms. The molecule has 0 radical (unpaired) electrons. The Labute approximate surface area is 87.0 Å². The minimum absolute atomic E-state index is 0.172. The zero-order chi connectivity index (χ0) is 10.3. The number of halogens is 1. The Morgan fingerprint density at radius 1 is 1.43 bits per heavy atom. The van der Waals surface area contributed by atoms with Gasteiger partial charge in [0.25, 0.3) is 0 Å². The molecule has 4 heteroatoms. The molecule has 0 atom stereocenters. The Kier molecular flexibility index (Phi) is 2.11. The maximum absolute atomic E-state index is 9.68. The third kappa shape index (κ3) is 1.24. The van der Waals surface area contributed by atoms with Gasteiger partial charge in [-0.25, -0.2) is 4.98 Å². The molecule has 0 fully saturated rings. The second-order valence-electron chi connectivity index (χ2n) is 3.52. The molecule has 1 N–H and O–H groups in total. The van der Waals surface area contributed by atoms with E-state index in [0.717, 1.165) is 11.3 Å². The summed E-state index contributed by atoms with van der Waals surface area (Å²) >= 11 is 5.95. The molecule has 0 aromatic carbocycles. The number of hydrogen-bond acceptors (Lipinski definition) is 2. The monoisotopic (exact) mass is 210 g/mol. The van der Waals surface area contributed by atoms with Crippen LogP contribution in [-0.4, -0.2) is 14.5 Å². The standard InChI is InChI=1S/C10H11ClN2O/c1-6(2)10-12-9(11)7-4-3-5-8(14)13(7)10/h3-6,14H,1-2H3. The van der Waals surface area contributed by atoms with Gasteiger partial charge in [-0.15, -0.1) is 0 Å². The van der Waals surface area contributed by atoms with Crippen LogP contribution in [0.3, 0.4) is 0 Å². The van der Waals surface area contributed by atoms with Gasteiger partial charge >= 0.3 is 0 Å². The Hall–Kier alpha value is -1.22. The van der Waals surface area contributed by atoms with Crippen molar-refractivity contribution in [2.24, 2.45) is 0 Å². The molecule has 0 aliphatic carbocycles. The Bertz CT molecular complexity index is 476. The number of rotatable bonds is 1. The van der Waals surface area contributed by atoms with Crippen molar-refractivity contribution < 1.29 is 5.11 Å². The molecule has 0 saturated carbocycles. The van der Waals surface area contributed by atoms with E-state index in [1.54, 1.807) is 16.5 Å². The Morgan fingerprint density at radius 3 is 2.79 bits per heavy atom.